The zero-order chi connectivity index (χ0) is 22.0. The van der Waals surface area contributed by atoms with Crippen LogP contribution in [0.1, 0.15) is 58.9 Å². The van der Waals surface area contributed by atoms with E-state index in [4.69, 9.17) is 9.84 Å². The number of ether oxygens (including phenoxy) is 1. The van der Waals surface area contributed by atoms with Gasteiger partial charge < -0.3 is 9.84 Å². The molecule has 3 nitrogen and oxygen atoms in total. The van der Waals surface area contributed by atoms with Crippen molar-refractivity contribution in [1.82, 2.24) is 0 Å². The van der Waals surface area contributed by atoms with Gasteiger partial charge in [-0.05, 0) is 85.5 Å². The Kier molecular flexibility index (Phi) is 5.40. The highest BCUT2D eigenvalue weighted by molar-refractivity contribution is 5.87. The van der Waals surface area contributed by atoms with Crippen LogP contribution in [-0.4, -0.2) is 16.7 Å². The molecule has 154 valence electrons. The summed E-state index contributed by atoms with van der Waals surface area (Å²) in [7, 11) is 0. The van der Waals surface area contributed by atoms with Crippen LogP contribution in [0.3, 0.4) is 0 Å². The van der Waals surface area contributed by atoms with Gasteiger partial charge in [0.1, 0.15) is 11.4 Å². The number of carboxylic acids is 1. The van der Waals surface area contributed by atoms with Crippen molar-refractivity contribution in [2.75, 3.05) is 0 Å². The van der Waals surface area contributed by atoms with Gasteiger partial charge in [-0.25, -0.2) is 4.79 Å². The molecule has 0 fully saturated rings. The highest BCUT2D eigenvalue weighted by Gasteiger charge is 2.27. The first-order chi connectivity index (χ1) is 14.8. The number of carbonyl (C=O) groups is 1. The monoisotopic (exact) mass is 408 g/mol. The number of fused-ring (bicyclic) bond motifs is 1. The molecule has 0 aliphatic carbocycles. The Bertz CT molecular complexity index is 1220. The lowest BCUT2D eigenvalue weighted by Gasteiger charge is -2.31. The fourth-order valence-corrected chi connectivity index (χ4v) is 3.64. The summed E-state index contributed by atoms with van der Waals surface area (Å²) >= 11 is 0. The van der Waals surface area contributed by atoms with Crippen molar-refractivity contribution in [3.05, 3.63) is 106 Å². The van der Waals surface area contributed by atoms with Crippen LogP contribution in [0.15, 0.2) is 72.8 Å². The third-order valence-electron chi connectivity index (χ3n) is 5.29. The van der Waals surface area contributed by atoms with Gasteiger partial charge in [0, 0.05) is 16.7 Å². The fraction of sp³-hybridized carbons (Fsp3) is 0.179. The highest BCUT2D eigenvalue weighted by Crippen LogP contribution is 2.39. The van der Waals surface area contributed by atoms with E-state index >= 15 is 0 Å². The van der Waals surface area contributed by atoms with Crippen molar-refractivity contribution in [3.8, 4) is 17.6 Å². The highest BCUT2D eigenvalue weighted by atomic mass is 16.5. The molecule has 0 bridgehead atoms. The first kappa shape index (κ1) is 20.5. The topological polar surface area (TPSA) is 46.5 Å². The van der Waals surface area contributed by atoms with Crippen LogP contribution in [0.5, 0.6) is 5.75 Å². The molecule has 0 radical (unpaired) electrons. The lowest BCUT2D eigenvalue weighted by Crippen LogP contribution is -2.29. The molecule has 3 aromatic rings. The van der Waals surface area contributed by atoms with Crippen molar-refractivity contribution >= 4 is 11.5 Å². The second kappa shape index (κ2) is 8.16. The number of hydrogen-bond acceptors (Lipinski definition) is 2. The van der Waals surface area contributed by atoms with Crippen molar-refractivity contribution in [2.24, 2.45) is 0 Å². The number of carboxylic acid groups (broad SMARTS) is 1. The minimum Gasteiger partial charge on any atom is -0.483 e. The quantitative estimate of drug-likeness (QED) is 0.545. The number of rotatable bonds is 3. The van der Waals surface area contributed by atoms with Gasteiger partial charge in [0.25, 0.3) is 0 Å². The minimum atomic E-state index is -0.941. The largest absolute Gasteiger partial charge is 0.483 e. The van der Waals surface area contributed by atoms with Gasteiger partial charge in [0.05, 0.1) is 5.56 Å². The second-order valence-corrected chi connectivity index (χ2v) is 8.16. The first-order valence-electron chi connectivity index (χ1n) is 10.4. The SMILES string of the molecule is CCc1ccc(C2=CC(C)(C)Oc3ccc(C#Cc4ccc(C(=O)O)cc4)cc32)cc1. The standard InChI is InChI=1S/C28H24O3/c1-4-19-7-12-22(13-8-19)25-18-28(2,3)31-26-16-11-21(17-24(25)26)6-5-20-9-14-23(15-10-20)27(29)30/h7-18H,4H2,1-3H3,(H,29,30). The van der Waals surface area contributed by atoms with Crippen LogP contribution in [0, 0.1) is 11.8 Å². The number of aromatic carboxylic acids is 1. The van der Waals surface area contributed by atoms with Gasteiger partial charge >= 0.3 is 5.97 Å². The maximum absolute atomic E-state index is 11.0. The summed E-state index contributed by atoms with van der Waals surface area (Å²) in [4.78, 5) is 11.0. The third kappa shape index (κ3) is 4.54. The van der Waals surface area contributed by atoms with Crippen molar-refractivity contribution < 1.29 is 14.6 Å². The average Bonchev–Trinajstić information content (AvgIpc) is 2.77. The molecular formula is C28H24O3. The molecule has 0 aromatic heterocycles. The van der Waals surface area contributed by atoms with Crippen molar-refractivity contribution in [1.29, 1.82) is 0 Å². The van der Waals surface area contributed by atoms with Crippen LogP contribution in [0.25, 0.3) is 5.57 Å². The lowest BCUT2D eigenvalue weighted by atomic mass is 9.88. The molecule has 1 aliphatic rings. The molecule has 4 rings (SSSR count). The summed E-state index contributed by atoms with van der Waals surface area (Å²) in [5, 5.41) is 9.03. The summed E-state index contributed by atoms with van der Waals surface area (Å²) < 4.78 is 6.19. The van der Waals surface area contributed by atoms with Gasteiger partial charge in [-0.2, -0.15) is 0 Å². The molecule has 0 atom stereocenters. The Morgan fingerprint density at radius 3 is 2.23 bits per heavy atom. The molecular weight excluding hydrogens is 384 g/mol. The van der Waals surface area contributed by atoms with Crippen molar-refractivity contribution in [3.63, 3.8) is 0 Å². The van der Waals surface area contributed by atoms with Crippen LogP contribution in [-0.2, 0) is 6.42 Å². The Morgan fingerprint density at radius 1 is 0.935 bits per heavy atom. The van der Waals surface area contributed by atoms with E-state index in [1.54, 1.807) is 24.3 Å². The summed E-state index contributed by atoms with van der Waals surface area (Å²) in [5.41, 5.74) is 6.13. The average molecular weight is 408 g/mol. The molecule has 0 saturated heterocycles. The summed E-state index contributed by atoms with van der Waals surface area (Å²) in [5.74, 6) is 6.21. The molecule has 1 aliphatic heterocycles. The third-order valence-corrected chi connectivity index (χ3v) is 5.29. The van der Waals surface area contributed by atoms with Crippen LogP contribution in [0.4, 0.5) is 0 Å². The summed E-state index contributed by atoms with van der Waals surface area (Å²) in [6.45, 7) is 6.27. The predicted octanol–water partition coefficient (Wildman–Crippen LogP) is 5.95. The molecule has 0 spiro atoms. The normalized spacial score (nSPS) is 13.8. The lowest BCUT2D eigenvalue weighted by molar-refractivity contribution is 0.0697. The van der Waals surface area contributed by atoms with E-state index in [2.05, 4.69) is 69.0 Å². The zero-order valence-corrected chi connectivity index (χ0v) is 17.9. The molecule has 1 heterocycles. The van der Waals surface area contributed by atoms with Gasteiger partial charge in [0.15, 0.2) is 0 Å². The molecule has 0 amide bonds. The number of benzene rings is 3. The van der Waals surface area contributed by atoms with Gasteiger partial charge in [-0.1, -0.05) is 43.0 Å². The summed E-state index contributed by atoms with van der Waals surface area (Å²) in [6.07, 6.45) is 3.18. The number of aryl methyl sites for hydroxylation is 1. The molecule has 31 heavy (non-hydrogen) atoms. The van der Waals surface area contributed by atoms with E-state index < -0.39 is 11.6 Å². The fourth-order valence-electron chi connectivity index (χ4n) is 3.64. The zero-order valence-electron chi connectivity index (χ0n) is 17.9. The predicted molar refractivity (Wildman–Crippen MR) is 123 cm³/mol. The van der Waals surface area contributed by atoms with E-state index in [-0.39, 0.29) is 5.56 Å². The van der Waals surface area contributed by atoms with E-state index in [0.717, 1.165) is 40.0 Å². The molecule has 3 aromatic carbocycles. The molecule has 0 saturated carbocycles. The Morgan fingerprint density at radius 2 is 1.58 bits per heavy atom. The maximum atomic E-state index is 11.0. The Hall–Kier alpha value is -3.77. The van der Waals surface area contributed by atoms with E-state index in [1.807, 2.05) is 12.1 Å². The number of hydrogen-bond donors (Lipinski definition) is 1. The first-order valence-corrected chi connectivity index (χ1v) is 10.4. The second-order valence-electron chi connectivity index (χ2n) is 8.16. The van der Waals surface area contributed by atoms with Gasteiger partial charge in [-0.15, -0.1) is 0 Å². The van der Waals surface area contributed by atoms with Crippen molar-refractivity contribution in [2.45, 2.75) is 32.8 Å². The minimum absolute atomic E-state index is 0.253. The molecule has 1 N–H and O–H groups in total. The molecule has 3 heteroatoms. The van der Waals surface area contributed by atoms with E-state index in [0.29, 0.717) is 0 Å². The smallest absolute Gasteiger partial charge is 0.335 e. The van der Waals surface area contributed by atoms with E-state index in [9.17, 15) is 4.79 Å². The van der Waals surface area contributed by atoms with E-state index in [1.165, 1.54) is 5.56 Å². The maximum Gasteiger partial charge on any atom is 0.335 e. The van der Waals surface area contributed by atoms with Crippen LogP contribution < -0.4 is 4.74 Å². The van der Waals surface area contributed by atoms with Crippen LogP contribution >= 0.6 is 0 Å². The van der Waals surface area contributed by atoms with Gasteiger partial charge in [-0.3, -0.25) is 0 Å². The van der Waals surface area contributed by atoms with Crippen LogP contribution in [0.2, 0.25) is 0 Å². The molecule has 0 unspecified atom stereocenters. The summed E-state index contributed by atoms with van der Waals surface area (Å²) in [6, 6.07) is 21.2. The van der Waals surface area contributed by atoms with Gasteiger partial charge in [0.2, 0.25) is 0 Å². The Balaban J connectivity index is 1.70. The Labute approximate surface area is 183 Å².